The third-order valence-corrected chi connectivity index (χ3v) is 11.4. The van der Waals surface area contributed by atoms with E-state index < -0.39 is 0 Å². The van der Waals surface area contributed by atoms with Gasteiger partial charge in [0.25, 0.3) is 0 Å². The summed E-state index contributed by atoms with van der Waals surface area (Å²) in [5.41, 5.74) is 11.1. The Bertz CT molecular complexity index is 2680. The fourth-order valence-corrected chi connectivity index (χ4v) is 9.42. The minimum Gasteiger partial charge on any atom is -0.246 e. The molecule has 0 aliphatic heterocycles. The van der Waals surface area contributed by atoms with E-state index in [0.29, 0.717) is 0 Å². The summed E-state index contributed by atoms with van der Waals surface area (Å²) in [6.07, 6.45) is 0. The minimum atomic E-state index is -0.110. The quantitative estimate of drug-likeness (QED) is 0.179. The predicted octanol–water partition coefficient (Wildman–Crippen LogP) is 12.5. The van der Waals surface area contributed by atoms with Crippen LogP contribution < -0.4 is 0 Å². The number of hydrogen-bond acceptors (Lipinski definition) is 2. The second-order valence-electron chi connectivity index (χ2n) is 13.1. The molecule has 10 rings (SSSR count). The van der Waals surface area contributed by atoms with Crippen LogP contribution in [0.3, 0.4) is 0 Å². The van der Waals surface area contributed by atoms with Crippen molar-refractivity contribution in [3.63, 3.8) is 0 Å². The summed E-state index contributed by atoms with van der Waals surface area (Å²) in [6.45, 7) is 4.75. The molecule has 7 aromatic carbocycles. The molecule has 0 saturated carbocycles. The zero-order valence-corrected chi connectivity index (χ0v) is 26.5. The maximum atomic E-state index is 5.49. The molecule has 0 fully saturated rings. The second-order valence-corrected chi connectivity index (χ2v) is 14.1. The van der Waals surface area contributed by atoms with Gasteiger partial charge in [-0.15, -0.1) is 11.3 Å². The topological polar surface area (TPSA) is 12.9 Å². The first-order chi connectivity index (χ1) is 22.6. The zero-order chi connectivity index (χ0) is 30.6. The van der Waals surface area contributed by atoms with E-state index in [1.807, 2.05) is 11.3 Å². The molecule has 0 spiro atoms. The molecule has 2 aromatic heterocycles. The fraction of sp³-hybridized carbons (Fsp3) is 0.0682. The first-order valence-corrected chi connectivity index (χ1v) is 16.8. The van der Waals surface area contributed by atoms with Gasteiger partial charge in [0.2, 0.25) is 0 Å². The van der Waals surface area contributed by atoms with Gasteiger partial charge in [-0.25, -0.2) is 4.98 Å². The molecule has 1 aliphatic rings. The van der Waals surface area contributed by atoms with Crippen molar-refractivity contribution in [2.24, 2.45) is 0 Å². The Kier molecular flexibility index (Phi) is 5.28. The van der Waals surface area contributed by atoms with Crippen LogP contribution in [0.2, 0.25) is 0 Å². The highest BCUT2D eigenvalue weighted by Crippen LogP contribution is 2.56. The third-order valence-electron chi connectivity index (χ3n) is 10.2. The number of nitrogens with zero attached hydrogens (tertiary/aromatic N) is 1. The first kappa shape index (κ1) is 26.0. The Hall–Kier alpha value is -5.31. The molecule has 0 N–H and O–H groups in total. The lowest BCUT2D eigenvalue weighted by atomic mass is 9.82. The smallest absolute Gasteiger partial charge is 0.0899 e. The van der Waals surface area contributed by atoms with Crippen molar-refractivity contribution in [2.75, 3.05) is 0 Å². The molecule has 0 saturated heterocycles. The van der Waals surface area contributed by atoms with Crippen LogP contribution in [0.1, 0.15) is 25.0 Å². The van der Waals surface area contributed by atoms with E-state index in [9.17, 15) is 0 Å². The number of benzene rings is 7. The normalized spacial score (nSPS) is 13.6. The largest absolute Gasteiger partial charge is 0.246 e. The van der Waals surface area contributed by atoms with Crippen molar-refractivity contribution >= 4 is 64.0 Å². The Balaban J connectivity index is 1.18. The molecule has 1 nitrogen and oxygen atoms in total. The zero-order valence-electron chi connectivity index (χ0n) is 25.6. The molecule has 0 radical (unpaired) electrons. The van der Waals surface area contributed by atoms with Gasteiger partial charge in [-0.1, -0.05) is 141 Å². The molecular weight excluding hydrogens is 575 g/mol. The fourth-order valence-electron chi connectivity index (χ4n) is 8.07. The first-order valence-electron chi connectivity index (χ1n) is 16.0. The molecule has 46 heavy (non-hydrogen) atoms. The van der Waals surface area contributed by atoms with Gasteiger partial charge in [-0.2, -0.15) is 0 Å². The lowest BCUT2D eigenvalue weighted by Crippen LogP contribution is -2.15. The molecule has 2 heterocycles. The van der Waals surface area contributed by atoms with Crippen LogP contribution in [0.5, 0.6) is 0 Å². The summed E-state index contributed by atoms with van der Waals surface area (Å²) >= 11 is 1.88. The Morgan fingerprint density at radius 3 is 1.76 bits per heavy atom. The number of hydrogen-bond donors (Lipinski definition) is 0. The van der Waals surface area contributed by atoms with E-state index in [2.05, 4.69) is 153 Å². The highest BCUT2D eigenvalue weighted by molar-refractivity contribution is 7.26. The van der Waals surface area contributed by atoms with Crippen LogP contribution in [-0.2, 0) is 5.41 Å². The number of aromatic nitrogens is 1. The van der Waals surface area contributed by atoms with Gasteiger partial charge in [0.1, 0.15) is 0 Å². The SMILES string of the molecule is CC1(C)c2ccccc2-c2c(-c3ccc(-c4ccc5c6ccccc6c6ccccc6c5c4)cc3)nc3c(sc4ccccc43)c21. The van der Waals surface area contributed by atoms with E-state index in [4.69, 9.17) is 4.98 Å². The predicted molar refractivity (Wildman–Crippen MR) is 198 cm³/mol. The van der Waals surface area contributed by atoms with Gasteiger partial charge < -0.3 is 0 Å². The maximum absolute atomic E-state index is 5.49. The Morgan fingerprint density at radius 1 is 0.500 bits per heavy atom. The number of rotatable bonds is 2. The molecule has 0 amide bonds. The summed E-state index contributed by atoms with van der Waals surface area (Å²) in [6, 6.07) is 51.2. The van der Waals surface area contributed by atoms with Gasteiger partial charge in [-0.05, 0) is 72.3 Å². The van der Waals surface area contributed by atoms with Crippen molar-refractivity contribution in [1.29, 1.82) is 0 Å². The van der Waals surface area contributed by atoms with Crippen LogP contribution in [0.25, 0.3) is 86.1 Å². The summed E-state index contributed by atoms with van der Waals surface area (Å²) in [5.74, 6) is 0. The monoisotopic (exact) mass is 603 g/mol. The average molecular weight is 604 g/mol. The standard InChI is InChI=1S/C44H29NS/c1-44(2)37-17-9-7-15-34(37)39-40(44)43-42(35-16-8-10-18-38(35)46-43)45-41(39)27-21-19-26(20-22-27)28-23-24-33-31-13-4-3-11-29(31)30-12-5-6-14-32(30)36(33)25-28/h3-25H,1-2H3. The van der Waals surface area contributed by atoms with Crippen LogP contribution in [0.4, 0.5) is 0 Å². The van der Waals surface area contributed by atoms with Crippen LogP contribution in [0, 0.1) is 0 Å². The molecular formula is C44H29NS. The average Bonchev–Trinajstić information content (AvgIpc) is 3.60. The number of pyridine rings is 1. The van der Waals surface area contributed by atoms with E-state index in [1.165, 1.54) is 80.5 Å². The summed E-state index contributed by atoms with van der Waals surface area (Å²) < 4.78 is 2.61. The summed E-state index contributed by atoms with van der Waals surface area (Å²) in [5, 5.41) is 9.05. The molecule has 0 unspecified atom stereocenters. The minimum absolute atomic E-state index is 0.110. The maximum Gasteiger partial charge on any atom is 0.0899 e. The summed E-state index contributed by atoms with van der Waals surface area (Å²) in [4.78, 5) is 5.49. The van der Waals surface area contributed by atoms with Gasteiger partial charge in [0.15, 0.2) is 0 Å². The Labute approximate surface area is 271 Å². The van der Waals surface area contributed by atoms with Crippen LogP contribution in [0.15, 0.2) is 140 Å². The van der Waals surface area contributed by atoms with Crippen molar-refractivity contribution < 1.29 is 0 Å². The second kappa shape index (κ2) is 9.36. The van der Waals surface area contributed by atoms with E-state index in [0.717, 1.165) is 16.8 Å². The highest BCUT2D eigenvalue weighted by atomic mass is 32.1. The van der Waals surface area contributed by atoms with E-state index in [-0.39, 0.29) is 5.41 Å². The van der Waals surface area contributed by atoms with Gasteiger partial charge in [0, 0.05) is 26.6 Å². The lowest BCUT2D eigenvalue weighted by Gasteiger charge is -2.22. The van der Waals surface area contributed by atoms with E-state index >= 15 is 0 Å². The third kappa shape index (κ3) is 3.48. The van der Waals surface area contributed by atoms with Gasteiger partial charge >= 0.3 is 0 Å². The molecule has 0 atom stereocenters. The van der Waals surface area contributed by atoms with Crippen LogP contribution in [-0.4, -0.2) is 4.98 Å². The Morgan fingerprint density at radius 2 is 1.04 bits per heavy atom. The lowest BCUT2D eigenvalue weighted by molar-refractivity contribution is 0.667. The number of fused-ring (bicyclic) bond motifs is 13. The van der Waals surface area contributed by atoms with E-state index in [1.54, 1.807) is 0 Å². The highest BCUT2D eigenvalue weighted by Gasteiger charge is 2.40. The molecule has 2 heteroatoms. The molecule has 9 aromatic rings. The molecule has 216 valence electrons. The number of thiophene rings is 1. The van der Waals surface area contributed by atoms with Crippen LogP contribution >= 0.6 is 11.3 Å². The van der Waals surface area contributed by atoms with Crippen molar-refractivity contribution in [2.45, 2.75) is 19.3 Å². The van der Waals surface area contributed by atoms with Crippen molar-refractivity contribution in [3.8, 4) is 33.5 Å². The van der Waals surface area contributed by atoms with Crippen molar-refractivity contribution in [3.05, 3.63) is 151 Å². The van der Waals surface area contributed by atoms with Gasteiger partial charge in [-0.3, -0.25) is 0 Å². The summed E-state index contributed by atoms with van der Waals surface area (Å²) in [7, 11) is 0. The molecule has 0 bridgehead atoms. The van der Waals surface area contributed by atoms with Crippen molar-refractivity contribution in [1.82, 2.24) is 4.98 Å². The van der Waals surface area contributed by atoms with Gasteiger partial charge in [0.05, 0.1) is 15.9 Å². The molecule has 1 aliphatic carbocycles.